The lowest BCUT2D eigenvalue weighted by molar-refractivity contribution is 0.0786. The number of aromatic hydroxyl groups is 1. The highest BCUT2D eigenvalue weighted by atomic mass is 35.5. The Labute approximate surface area is 153 Å². The Morgan fingerprint density at radius 3 is 2.69 bits per heavy atom. The summed E-state index contributed by atoms with van der Waals surface area (Å²) in [5.41, 5.74) is 1.78. The molecule has 2 heterocycles. The fraction of sp³-hybridized carbons (Fsp3) is 0.316. The molecule has 4 rings (SSSR count). The van der Waals surface area contributed by atoms with Crippen LogP contribution < -0.4 is 10.2 Å². The van der Waals surface area contributed by atoms with Gasteiger partial charge in [-0.25, -0.2) is 0 Å². The first kappa shape index (κ1) is 17.1. The zero-order valence-corrected chi connectivity index (χ0v) is 14.8. The second-order valence-electron chi connectivity index (χ2n) is 6.66. The van der Waals surface area contributed by atoms with Crippen LogP contribution in [-0.2, 0) is 13.5 Å². The van der Waals surface area contributed by atoms with Crippen LogP contribution in [0.3, 0.4) is 0 Å². The third kappa shape index (κ3) is 2.23. The summed E-state index contributed by atoms with van der Waals surface area (Å²) >= 11 is 6.31. The number of ether oxygens (including phenoxy) is 1. The van der Waals surface area contributed by atoms with Gasteiger partial charge in [-0.3, -0.25) is 4.79 Å². The number of hydrogen-bond acceptors (Lipinski definition) is 5. The number of fused-ring (bicyclic) bond motifs is 4. The number of phenolic OH excluding ortho intramolecular Hbond substituents is 1. The van der Waals surface area contributed by atoms with Crippen LogP contribution >= 0.6 is 11.6 Å². The van der Waals surface area contributed by atoms with Crippen LogP contribution in [0.15, 0.2) is 35.1 Å². The highest BCUT2D eigenvalue weighted by molar-refractivity contribution is 6.24. The fourth-order valence-corrected chi connectivity index (χ4v) is 3.83. The monoisotopic (exact) mass is 375 g/mol. The molecule has 136 valence electrons. The largest absolute Gasteiger partial charge is 0.507 e. The van der Waals surface area contributed by atoms with Crippen molar-refractivity contribution in [2.24, 2.45) is 7.05 Å². The molecule has 1 aliphatic heterocycles. The van der Waals surface area contributed by atoms with E-state index in [1.165, 1.54) is 6.07 Å². The maximum Gasteiger partial charge on any atom is 0.200 e. The van der Waals surface area contributed by atoms with Crippen LogP contribution in [0.2, 0.25) is 0 Å². The van der Waals surface area contributed by atoms with Gasteiger partial charge < -0.3 is 24.6 Å². The fourth-order valence-electron chi connectivity index (χ4n) is 3.70. The quantitative estimate of drug-likeness (QED) is 0.478. The first-order chi connectivity index (χ1) is 12.4. The zero-order valence-electron chi connectivity index (χ0n) is 14.1. The number of aryl methyl sites for hydroxylation is 1. The SMILES string of the molecule is Cn1c2ccccc2c(=O)c2c(O)cc3c(c21)C[C@H](C(Cl)(CO)CO)O3. The Kier molecular flexibility index (Phi) is 3.87. The minimum absolute atomic E-state index is 0.168. The molecule has 3 N–H and O–H groups in total. The standard InChI is InChI=1S/C19H18ClNO5/c1-21-12-5-3-2-4-10(12)18(25)16-13(24)7-14-11(17(16)21)6-15(26-14)19(20,8-22)9-23/h2-5,7,15,22-24H,6,8-9H2,1H3/t15-/m1/s1. The van der Waals surface area contributed by atoms with Gasteiger partial charge in [-0.05, 0) is 12.1 Å². The number of pyridine rings is 1. The van der Waals surface area contributed by atoms with Gasteiger partial charge in [0.2, 0.25) is 5.43 Å². The maximum absolute atomic E-state index is 12.9. The molecule has 0 amide bonds. The smallest absolute Gasteiger partial charge is 0.200 e. The van der Waals surface area contributed by atoms with Crippen LogP contribution in [-0.4, -0.2) is 44.1 Å². The molecule has 1 atom stereocenters. The topological polar surface area (TPSA) is 91.9 Å². The predicted molar refractivity (Wildman–Crippen MR) is 99.2 cm³/mol. The van der Waals surface area contributed by atoms with E-state index in [1.807, 2.05) is 23.7 Å². The van der Waals surface area contributed by atoms with Gasteiger partial charge in [0.05, 0.1) is 29.6 Å². The number of nitrogens with zero attached hydrogens (tertiary/aromatic N) is 1. The summed E-state index contributed by atoms with van der Waals surface area (Å²) in [6, 6.07) is 8.60. The highest BCUT2D eigenvalue weighted by Gasteiger charge is 2.43. The van der Waals surface area contributed by atoms with Crippen molar-refractivity contribution in [1.29, 1.82) is 0 Å². The normalized spacial score (nSPS) is 16.8. The zero-order chi connectivity index (χ0) is 18.6. The van der Waals surface area contributed by atoms with Crippen molar-refractivity contribution >= 4 is 33.4 Å². The van der Waals surface area contributed by atoms with Crippen molar-refractivity contribution in [3.63, 3.8) is 0 Å². The molecule has 6 nitrogen and oxygen atoms in total. The van der Waals surface area contributed by atoms with Crippen LogP contribution in [0, 0.1) is 0 Å². The third-order valence-corrected chi connectivity index (χ3v) is 5.66. The van der Waals surface area contributed by atoms with Crippen molar-refractivity contribution in [3.8, 4) is 11.5 Å². The van der Waals surface area contributed by atoms with Crippen LogP contribution in [0.4, 0.5) is 0 Å². The van der Waals surface area contributed by atoms with E-state index in [0.29, 0.717) is 23.1 Å². The Bertz CT molecular complexity index is 1090. The lowest BCUT2D eigenvalue weighted by Crippen LogP contribution is -2.46. The van der Waals surface area contributed by atoms with Crippen molar-refractivity contribution in [2.75, 3.05) is 13.2 Å². The van der Waals surface area contributed by atoms with Gasteiger partial charge in [0.25, 0.3) is 0 Å². The number of alkyl halides is 1. The minimum Gasteiger partial charge on any atom is -0.507 e. The Morgan fingerprint density at radius 1 is 1.31 bits per heavy atom. The lowest BCUT2D eigenvalue weighted by atomic mass is 9.96. The number of benzene rings is 2. The molecule has 0 saturated heterocycles. The lowest BCUT2D eigenvalue weighted by Gasteiger charge is -2.28. The van der Waals surface area contributed by atoms with Crippen LogP contribution in [0.1, 0.15) is 5.56 Å². The molecule has 26 heavy (non-hydrogen) atoms. The molecule has 7 heteroatoms. The Balaban J connectivity index is 2.04. The molecular weight excluding hydrogens is 358 g/mol. The first-order valence-electron chi connectivity index (χ1n) is 8.25. The highest BCUT2D eigenvalue weighted by Crippen LogP contribution is 2.42. The molecule has 1 aliphatic rings. The van der Waals surface area contributed by atoms with Crippen LogP contribution in [0.25, 0.3) is 21.8 Å². The second-order valence-corrected chi connectivity index (χ2v) is 7.42. The third-order valence-electron chi connectivity index (χ3n) is 5.18. The molecular formula is C19H18ClNO5. The number of hydrogen-bond donors (Lipinski definition) is 3. The van der Waals surface area contributed by atoms with E-state index in [2.05, 4.69) is 0 Å². The Hall–Kier alpha value is -2.28. The van der Waals surface area contributed by atoms with E-state index in [1.54, 1.807) is 12.1 Å². The molecule has 2 aromatic carbocycles. The van der Waals surface area contributed by atoms with E-state index in [0.717, 1.165) is 11.1 Å². The molecule has 0 bridgehead atoms. The molecule has 0 fully saturated rings. The summed E-state index contributed by atoms with van der Waals surface area (Å²) in [4.78, 5) is 11.6. The van der Waals surface area contributed by atoms with Crippen molar-refractivity contribution < 1.29 is 20.1 Å². The summed E-state index contributed by atoms with van der Waals surface area (Å²) in [6.45, 7) is -0.926. The van der Waals surface area contributed by atoms with E-state index in [9.17, 15) is 20.1 Å². The average Bonchev–Trinajstić information content (AvgIpc) is 3.08. The van der Waals surface area contributed by atoms with Gasteiger partial charge in [-0.15, -0.1) is 11.6 Å². The van der Waals surface area contributed by atoms with E-state index < -0.39 is 24.2 Å². The van der Waals surface area contributed by atoms with E-state index in [-0.39, 0.29) is 16.6 Å². The number of aromatic nitrogens is 1. The Morgan fingerprint density at radius 2 is 2.00 bits per heavy atom. The number of phenols is 1. The van der Waals surface area contributed by atoms with Gasteiger partial charge in [-0.1, -0.05) is 12.1 Å². The first-order valence-corrected chi connectivity index (χ1v) is 8.62. The molecule has 0 unspecified atom stereocenters. The maximum atomic E-state index is 12.9. The summed E-state index contributed by atoms with van der Waals surface area (Å²) < 4.78 is 7.67. The number of rotatable bonds is 3. The summed E-state index contributed by atoms with van der Waals surface area (Å²) in [7, 11) is 1.82. The molecule has 0 radical (unpaired) electrons. The number of aliphatic hydroxyl groups is 2. The number of halogens is 1. The van der Waals surface area contributed by atoms with Crippen molar-refractivity contribution in [1.82, 2.24) is 4.57 Å². The van der Waals surface area contributed by atoms with E-state index in [4.69, 9.17) is 16.3 Å². The molecule has 0 spiro atoms. The van der Waals surface area contributed by atoms with Gasteiger partial charge in [0.1, 0.15) is 22.5 Å². The summed E-state index contributed by atoms with van der Waals surface area (Å²) in [5, 5.41) is 30.3. The average molecular weight is 376 g/mol. The van der Waals surface area contributed by atoms with Crippen molar-refractivity contribution in [3.05, 3.63) is 46.1 Å². The minimum atomic E-state index is -1.35. The molecule has 3 aromatic rings. The number of para-hydroxylation sites is 1. The summed E-state index contributed by atoms with van der Waals surface area (Å²) in [6.07, 6.45) is -0.372. The van der Waals surface area contributed by atoms with Gasteiger partial charge in [0, 0.05) is 30.5 Å². The molecule has 0 saturated carbocycles. The van der Waals surface area contributed by atoms with Gasteiger partial charge >= 0.3 is 0 Å². The van der Waals surface area contributed by atoms with Gasteiger partial charge in [-0.2, -0.15) is 0 Å². The predicted octanol–water partition coefficient (Wildman–Crippen LogP) is 1.66. The van der Waals surface area contributed by atoms with E-state index >= 15 is 0 Å². The van der Waals surface area contributed by atoms with Crippen molar-refractivity contribution in [2.45, 2.75) is 17.4 Å². The summed E-state index contributed by atoms with van der Waals surface area (Å²) in [5.74, 6) is 0.233. The second kappa shape index (κ2) is 5.87. The van der Waals surface area contributed by atoms with Crippen LogP contribution in [0.5, 0.6) is 11.5 Å². The van der Waals surface area contributed by atoms with Gasteiger partial charge in [0.15, 0.2) is 0 Å². The number of aliphatic hydroxyl groups excluding tert-OH is 2. The molecule has 0 aliphatic carbocycles. The molecule has 1 aromatic heterocycles.